The third-order valence-corrected chi connectivity index (χ3v) is 2.88. The molecule has 0 aromatic heterocycles. The van der Waals surface area contributed by atoms with E-state index in [0.29, 0.717) is 13.2 Å². The molecule has 0 aliphatic carbocycles. The number of carboxylic acids is 1. The molecule has 1 heterocycles. The van der Waals surface area contributed by atoms with E-state index in [0.717, 1.165) is 0 Å². The Labute approximate surface area is 99.4 Å². The Balaban J connectivity index is 2.66. The second-order valence-electron chi connectivity index (χ2n) is 4.07. The Morgan fingerprint density at radius 3 is 2.47 bits per heavy atom. The summed E-state index contributed by atoms with van der Waals surface area (Å²) in [5.74, 6) is -1.05. The molecule has 7 heteroatoms. The normalized spacial score (nSPS) is 18.5. The summed E-state index contributed by atoms with van der Waals surface area (Å²) in [7, 11) is 1.50. The summed E-state index contributed by atoms with van der Waals surface area (Å²) < 4.78 is 5.10. The topological polar surface area (TPSA) is 99.1 Å². The number of aliphatic carboxylic acids is 1. The van der Waals surface area contributed by atoms with Crippen LogP contribution in [0.3, 0.4) is 0 Å². The zero-order valence-corrected chi connectivity index (χ0v) is 9.81. The highest BCUT2D eigenvalue weighted by Crippen LogP contribution is 2.21. The van der Waals surface area contributed by atoms with Gasteiger partial charge in [-0.25, -0.2) is 9.59 Å². The minimum atomic E-state index is -1.25. The van der Waals surface area contributed by atoms with Crippen molar-refractivity contribution in [3.63, 3.8) is 0 Å². The van der Waals surface area contributed by atoms with Crippen LogP contribution < -0.4 is 5.32 Å². The summed E-state index contributed by atoms with van der Waals surface area (Å²) >= 11 is 0. The molecule has 1 saturated heterocycles. The monoisotopic (exact) mass is 246 g/mol. The molecule has 1 aliphatic heterocycles. The number of carbonyl (C=O) groups excluding carboxylic acids is 1. The summed E-state index contributed by atoms with van der Waals surface area (Å²) in [4.78, 5) is 24.2. The second-order valence-corrected chi connectivity index (χ2v) is 4.07. The highest BCUT2D eigenvalue weighted by molar-refractivity contribution is 5.86. The van der Waals surface area contributed by atoms with Crippen LogP contribution in [0.2, 0.25) is 0 Å². The highest BCUT2D eigenvalue weighted by Gasteiger charge is 2.42. The maximum atomic E-state index is 11.7. The first kappa shape index (κ1) is 13.7. The summed E-state index contributed by atoms with van der Waals surface area (Å²) in [6, 6.07) is -0.497. The first-order valence-electron chi connectivity index (χ1n) is 5.47. The van der Waals surface area contributed by atoms with Gasteiger partial charge in [-0.05, 0) is 0 Å². The van der Waals surface area contributed by atoms with Gasteiger partial charge in [0.05, 0.1) is 6.61 Å². The van der Waals surface area contributed by atoms with Gasteiger partial charge in [0.25, 0.3) is 0 Å². The van der Waals surface area contributed by atoms with Crippen molar-refractivity contribution >= 4 is 12.0 Å². The summed E-state index contributed by atoms with van der Waals surface area (Å²) in [6.45, 7) is 0.637. The molecule has 1 rings (SSSR count). The van der Waals surface area contributed by atoms with Crippen LogP contribution in [0.25, 0.3) is 0 Å². The van der Waals surface area contributed by atoms with Crippen molar-refractivity contribution in [3.05, 3.63) is 0 Å². The Morgan fingerprint density at radius 2 is 2.00 bits per heavy atom. The fourth-order valence-corrected chi connectivity index (χ4v) is 1.66. The lowest BCUT2D eigenvalue weighted by molar-refractivity contribution is -0.148. The molecule has 1 fully saturated rings. The van der Waals surface area contributed by atoms with Gasteiger partial charge in [-0.2, -0.15) is 0 Å². The lowest BCUT2D eigenvalue weighted by Gasteiger charge is -2.35. The van der Waals surface area contributed by atoms with Crippen molar-refractivity contribution < 1.29 is 24.5 Å². The fraction of sp³-hybridized carbons (Fsp3) is 0.800. The van der Waals surface area contributed by atoms with Crippen LogP contribution in [-0.4, -0.2) is 66.1 Å². The maximum Gasteiger partial charge on any atom is 0.329 e. The number of carbonyl (C=O) groups is 2. The van der Waals surface area contributed by atoms with Crippen LogP contribution >= 0.6 is 0 Å². The predicted molar refractivity (Wildman–Crippen MR) is 58.7 cm³/mol. The molecule has 0 bridgehead atoms. The van der Waals surface area contributed by atoms with Gasteiger partial charge in [0, 0.05) is 39.6 Å². The van der Waals surface area contributed by atoms with Gasteiger partial charge in [0.1, 0.15) is 5.54 Å². The Morgan fingerprint density at radius 1 is 1.41 bits per heavy atom. The molecular formula is C10H18N2O5. The molecule has 3 N–H and O–H groups in total. The van der Waals surface area contributed by atoms with Crippen molar-refractivity contribution in [2.75, 3.05) is 33.4 Å². The van der Waals surface area contributed by atoms with Crippen molar-refractivity contribution in [3.8, 4) is 0 Å². The molecular weight excluding hydrogens is 228 g/mol. The number of urea groups is 1. The molecule has 7 nitrogen and oxygen atoms in total. The van der Waals surface area contributed by atoms with Gasteiger partial charge in [-0.3, -0.25) is 0 Å². The van der Waals surface area contributed by atoms with Crippen molar-refractivity contribution in [1.29, 1.82) is 0 Å². The van der Waals surface area contributed by atoms with Gasteiger partial charge in [0.2, 0.25) is 0 Å². The van der Waals surface area contributed by atoms with E-state index in [2.05, 4.69) is 5.32 Å². The maximum absolute atomic E-state index is 11.7. The largest absolute Gasteiger partial charge is 0.480 e. The predicted octanol–water partition coefficient (Wildman–Crippen LogP) is -0.746. The summed E-state index contributed by atoms with van der Waals surface area (Å²) in [5, 5.41) is 20.4. The van der Waals surface area contributed by atoms with E-state index in [4.69, 9.17) is 9.84 Å². The van der Waals surface area contributed by atoms with Gasteiger partial charge in [-0.15, -0.1) is 0 Å². The van der Waals surface area contributed by atoms with Gasteiger partial charge in [0.15, 0.2) is 0 Å². The lowest BCUT2D eigenvalue weighted by Crippen LogP contribution is -2.60. The Kier molecular flexibility index (Phi) is 4.71. The molecule has 2 amide bonds. The number of hydrogen-bond donors (Lipinski definition) is 3. The average molecular weight is 246 g/mol. The number of carboxylic acid groups (broad SMARTS) is 1. The van der Waals surface area contributed by atoms with Gasteiger partial charge < -0.3 is 25.2 Å². The summed E-state index contributed by atoms with van der Waals surface area (Å²) in [6.07, 6.45) is 0.502. The zero-order chi connectivity index (χ0) is 12.9. The number of aliphatic hydroxyl groups is 1. The quantitative estimate of drug-likeness (QED) is 0.606. The number of aliphatic hydroxyl groups excluding tert-OH is 1. The number of amides is 2. The van der Waals surface area contributed by atoms with E-state index in [-0.39, 0.29) is 26.0 Å². The molecule has 0 unspecified atom stereocenters. The van der Waals surface area contributed by atoms with Crippen molar-refractivity contribution in [1.82, 2.24) is 10.2 Å². The Hall–Kier alpha value is -1.34. The lowest BCUT2D eigenvalue weighted by atomic mass is 9.90. The van der Waals surface area contributed by atoms with E-state index < -0.39 is 17.5 Å². The summed E-state index contributed by atoms with van der Waals surface area (Å²) in [5.41, 5.74) is -1.25. The molecule has 0 aromatic rings. The molecule has 0 saturated carbocycles. The smallest absolute Gasteiger partial charge is 0.329 e. The molecule has 0 aromatic carbocycles. The zero-order valence-electron chi connectivity index (χ0n) is 9.81. The van der Waals surface area contributed by atoms with Crippen LogP contribution in [0.15, 0.2) is 0 Å². The van der Waals surface area contributed by atoms with Crippen molar-refractivity contribution in [2.45, 2.75) is 18.4 Å². The molecule has 0 atom stereocenters. The third kappa shape index (κ3) is 3.31. The van der Waals surface area contributed by atoms with E-state index in [1.807, 2.05) is 0 Å². The molecule has 0 radical (unpaired) electrons. The first-order valence-corrected chi connectivity index (χ1v) is 5.47. The van der Waals surface area contributed by atoms with E-state index >= 15 is 0 Å². The molecule has 98 valence electrons. The molecule has 17 heavy (non-hydrogen) atoms. The van der Waals surface area contributed by atoms with Crippen molar-refractivity contribution in [2.24, 2.45) is 0 Å². The minimum Gasteiger partial charge on any atom is -0.480 e. The first-order chi connectivity index (χ1) is 8.02. The van der Waals surface area contributed by atoms with Gasteiger partial charge >= 0.3 is 12.0 Å². The standard InChI is InChI=1S/C10H18N2O5/c1-12(4-5-13)9(16)11-10(8(14)15)2-6-17-7-3-10/h13H,2-7H2,1H3,(H,11,16)(H,14,15). The number of likely N-dealkylation sites (N-methyl/N-ethyl adjacent to an activating group) is 1. The number of nitrogens with zero attached hydrogens (tertiary/aromatic N) is 1. The number of rotatable bonds is 4. The van der Waals surface area contributed by atoms with E-state index in [9.17, 15) is 14.7 Å². The number of nitrogens with one attached hydrogen (secondary N) is 1. The molecule has 1 aliphatic rings. The fourth-order valence-electron chi connectivity index (χ4n) is 1.66. The number of ether oxygens (including phenoxy) is 1. The number of hydrogen-bond acceptors (Lipinski definition) is 4. The minimum absolute atomic E-state index is 0.160. The molecule has 0 spiro atoms. The highest BCUT2D eigenvalue weighted by atomic mass is 16.5. The third-order valence-electron chi connectivity index (χ3n) is 2.88. The van der Waals surface area contributed by atoms with Crippen LogP contribution in [0.5, 0.6) is 0 Å². The van der Waals surface area contributed by atoms with Crippen LogP contribution in [0.1, 0.15) is 12.8 Å². The Bertz CT molecular complexity index is 288. The van der Waals surface area contributed by atoms with Crippen LogP contribution in [-0.2, 0) is 9.53 Å². The van der Waals surface area contributed by atoms with Gasteiger partial charge in [-0.1, -0.05) is 0 Å². The van der Waals surface area contributed by atoms with E-state index in [1.54, 1.807) is 0 Å². The SMILES string of the molecule is CN(CCO)C(=O)NC1(C(=O)O)CCOCC1. The van der Waals surface area contributed by atoms with E-state index in [1.165, 1.54) is 11.9 Å². The van der Waals surface area contributed by atoms with Crippen LogP contribution in [0, 0.1) is 0 Å². The van der Waals surface area contributed by atoms with Crippen LogP contribution in [0.4, 0.5) is 4.79 Å². The average Bonchev–Trinajstić information content (AvgIpc) is 2.30. The second kappa shape index (κ2) is 5.83.